The molecule has 0 bridgehead atoms. The normalized spacial score (nSPS) is 8.83. The van der Waals surface area contributed by atoms with E-state index in [-0.39, 0.29) is 0 Å². The van der Waals surface area contributed by atoms with Crippen LogP contribution in [0.25, 0.3) is 0 Å². The van der Waals surface area contributed by atoms with E-state index in [9.17, 15) is 0 Å². The van der Waals surface area contributed by atoms with E-state index in [1.165, 1.54) is 19.4 Å². The average molecular weight is 84.1 g/mol. The maximum absolute atomic E-state index is 4.86. The smallest absolute Gasteiger partial charge is 0.106 e. The molecule has 2 nitrogen and oxygen atoms in total. The van der Waals surface area contributed by atoms with E-state index < -0.39 is 0 Å². The van der Waals surface area contributed by atoms with E-state index in [1.807, 2.05) is 0 Å². The maximum atomic E-state index is 4.86. The highest BCUT2D eigenvalue weighted by Gasteiger charge is 1.52. The molecule has 0 aromatic heterocycles. The first-order valence-corrected chi connectivity index (χ1v) is 1.52. The van der Waals surface area contributed by atoms with E-state index in [0.29, 0.717) is 0 Å². The Morgan fingerprint density at radius 2 is 2.50 bits per heavy atom. The molecule has 0 unspecified atom stereocenters. The standard InChI is InChI=1S/C4H6NO/c1-3-4-5-6-2/h1,3-4H,2H3/b3-1?,5-4+. The molecular weight excluding hydrogens is 78.0 g/mol. The lowest BCUT2D eigenvalue weighted by Crippen LogP contribution is -1.65. The highest BCUT2D eigenvalue weighted by Crippen LogP contribution is 1.60. The van der Waals surface area contributed by atoms with Crippen molar-refractivity contribution in [3.05, 3.63) is 12.7 Å². The first-order valence-electron chi connectivity index (χ1n) is 1.52. The summed E-state index contributed by atoms with van der Waals surface area (Å²) in [5.41, 5.74) is 0. The minimum Gasteiger partial charge on any atom is -0.399 e. The number of hydrogen-bond donors (Lipinski definition) is 0. The monoisotopic (exact) mass is 84.0 g/mol. The second-order valence-electron chi connectivity index (χ2n) is 0.630. The van der Waals surface area contributed by atoms with Crippen molar-refractivity contribution < 1.29 is 4.84 Å². The van der Waals surface area contributed by atoms with Crippen molar-refractivity contribution in [2.24, 2.45) is 5.16 Å². The molecule has 0 saturated heterocycles. The fraction of sp³-hybridized carbons (Fsp3) is 0.250. The van der Waals surface area contributed by atoms with Crippen LogP contribution < -0.4 is 0 Å². The van der Waals surface area contributed by atoms with E-state index in [1.54, 1.807) is 0 Å². The zero-order valence-corrected chi connectivity index (χ0v) is 3.59. The van der Waals surface area contributed by atoms with Crippen LogP contribution in [-0.2, 0) is 4.84 Å². The lowest BCUT2D eigenvalue weighted by molar-refractivity contribution is 0.215. The number of oxime groups is 1. The summed E-state index contributed by atoms with van der Waals surface area (Å²) in [6, 6.07) is 0. The summed E-state index contributed by atoms with van der Waals surface area (Å²) in [6.07, 6.45) is 2.66. The van der Waals surface area contributed by atoms with Crippen LogP contribution in [-0.4, -0.2) is 13.3 Å². The van der Waals surface area contributed by atoms with Gasteiger partial charge in [-0.25, -0.2) is 0 Å². The van der Waals surface area contributed by atoms with Crippen molar-refractivity contribution in [3.8, 4) is 0 Å². The third-order valence-electron chi connectivity index (χ3n) is 0.252. The Hall–Kier alpha value is -0.790. The van der Waals surface area contributed by atoms with Crippen LogP contribution in [0.5, 0.6) is 0 Å². The van der Waals surface area contributed by atoms with Crippen molar-refractivity contribution in [3.63, 3.8) is 0 Å². The highest BCUT2D eigenvalue weighted by atomic mass is 16.6. The fourth-order valence-electron chi connectivity index (χ4n) is 0.0960. The second-order valence-corrected chi connectivity index (χ2v) is 0.630. The topological polar surface area (TPSA) is 21.6 Å². The summed E-state index contributed by atoms with van der Waals surface area (Å²) in [5, 5.41) is 3.28. The summed E-state index contributed by atoms with van der Waals surface area (Å²) in [5.74, 6) is 0. The highest BCUT2D eigenvalue weighted by molar-refractivity contribution is 5.68. The lowest BCUT2D eigenvalue weighted by Gasteiger charge is -1.76. The molecule has 6 heavy (non-hydrogen) atoms. The quantitative estimate of drug-likeness (QED) is 0.355. The van der Waals surface area contributed by atoms with Crippen LogP contribution >= 0.6 is 0 Å². The predicted octanol–water partition coefficient (Wildman–Crippen LogP) is 0.608. The van der Waals surface area contributed by atoms with Gasteiger partial charge in [-0.2, -0.15) is 0 Å². The predicted molar refractivity (Wildman–Crippen MR) is 24.4 cm³/mol. The van der Waals surface area contributed by atoms with E-state index >= 15 is 0 Å². The molecule has 0 aromatic rings. The molecule has 33 valence electrons. The van der Waals surface area contributed by atoms with Crippen molar-refractivity contribution in [1.82, 2.24) is 0 Å². The molecule has 0 aliphatic heterocycles. The second kappa shape index (κ2) is 4.21. The molecule has 0 aromatic carbocycles. The van der Waals surface area contributed by atoms with E-state index in [0.717, 1.165) is 0 Å². The van der Waals surface area contributed by atoms with Gasteiger partial charge in [0, 0.05) is 0 Å². The molecule has 0 aliphatic carbocycles. The van der Waals surface area contributed by atoms with Crippen molar-refractivity contribution >= 4 is 6.21 Å². The summed E-state index contributed by atoms with van der Waals surface area (Å²) < 4.78 is 0. The van der Waals surface area contributed by atoms with Gasteiger partial charge in [-0.15, -0.1) is 0 Å². The molecule has 1 radical (unpaired) electrons. The molecule has 0 fully saturated rings. The number of allylic oxidation sites excluding steroid dienone is 1. The molecule has 0 spiro atoms. The SMILES string of the molecule is [CH]=C/C=N/OC. The largest absolute Gasteiger partial charge is 0.399 e. The van der Waals surface area contributed by atoms with Crippen LogP contribution in [0.2, 0.25) is 0 Å². The van der Waals surface area contributed by atoms with Gasteiger partial charge in [0.15, 0.2) is 0 Å². The summed E-state index contributed by atoms with van der Waals surface area (Å²) >= 11 is 0. The van der Waals surface area contributed by atoms with Crippen LogP contribution in [0.4, 0.5) is 0 Å². The Bertz CT molecular complexity index is 58.6. The lowest BCUT2D eigenvalue weighted by atomic mass is 10.7. The Morgan fingerprint density at radius 1 is 1.83 bits per heavy atom. The zero-order valence-electron chi connectivity index (χ0n) is 3.59. The molecule has 2 heteroatoms. The van der Waals surface area contributed by atoms with Gasteiger partial charge in [-0.3, -0.25) is 0 Å². The Kier molecular flexibility index (Phi) is 3.66. The van der Waals surface area contributed by atoms with Gasteiger partial charge in [0.2, 0.25) is 0 Å². The Morgan fingerprint density at radius 3 is 2.67 bits per heavy atom. The van der Waals surface area contributed by atoms with Crippen molar-refractivity contribution in [2.45, 2.75) is 0 Å². The van der Waals surface area contributed by atoms with Crippen molar-refractivity contribution in [1.29, 1.82) is 0 Å². The molecule has 0 amide bonds. The van der Waals surface area contributed by atoms with Crippen molar-refractivity contribution in [2.75, 3.05) is 7.11 Å². The summed E-state index contributed by atoms with van der Waals surface area (Å²) in [7, 11) is 1.46. The van der Waals surface area contributed by atoms with Crippen LogP contribution in [0.1, 0.15) is 0 Å². The minimum absolute atomic E-state index is 1.30. The Balaban J connectivity index is 2.94. The van der Waals surface area contributed by atoms with Crippen LogP contribution in [0, 0.1) is 6.58 Å². The van der Waals surface area contributed by atoms with Gasteiger partial charge < -0.3 is 4.84 Å². The van der Waals surface area contributed by atoms with Crippen LogP contribution in [0.15, 0.2) is 11.2 Å². The fourth-order valence-corrected chi connectivity index (χ4v) is 0.0960. The van der Waals surface area contributed by atoms with Gasteiger partial charge >= 0.3 is 0 Å². The third-order valence-corrected chi connectivity index (χ3v) is 0.252. The van der Waals surface area contributed by atoms with Gasteiger partial charge in [0.05, 0.1) is 6.21 Å². The van der Waals surface area contributed by atoms with Gasteiger partial charge in [0.25, 0.3) is 0 Å². The van der Waals surface area contributed by atoms with E-state index in [2.05, 4.69) is 9.99 Å². The molecule has 0 aliphatic rings. The summed E-state index contributed by atoms with van der Waals surface area (Å²) in [4.78, 5) is 4.24. The van der Waals surface area contributed by atoms with Gasteiger partial charge in [0.1, 0.15) is 7.11 Å². The molecule has 0 heterocycles. The molecular formula is C4H6NO. The Labute approximate surface area is 37.1 Å². The molecule has 0 N–H and O–H groups in total. The van der Waals surface area contributed by atoms with Gasteiger partial charge in [-0.1, -0.05) is 11.7 Å². The molecule has 0 saturated carbocycles. The number of rotatable bonds is 2. The van der Waals surface area contributed by atoms with E-state index in [4.69, 9.17) is 6.58 Å². The number of hydrogen-bond acceptors (Lipinski definition) is 2. The first kappa shape index (κ1) is 5.21. The molecule has 0 rings (SSSR count). The van der Waals surface area contributed by atoms with Crippen LogP contribution in [0.3, 0.4) is 0 Å². The minimum atomic E-state index is 1.30. The molecule has 0 atom stereocenters. The summed E-state index contributed by atoms with van der Waals surface area (Å²) in [6.45, 7) is 4.86. The maximum Gasteiger partial charge on any atom is 0.106 e. The average Bonchev–Trinajstić information content (AvgIpc) is 1.61. The number of nitrogens with zero attached hydrogens (tertiary/aromatic N) is 1. The third kappa shape index (κ3) is 3.21. The van der Waals surface area contributed by atoms with Gasteiger partial charge in [-0.05, 0) is 6.08 Å². The first-order chi connectivity index (χ1) is 2.91. The zero-order chi connectivity index (χ0) is 4.83.